The second-order valence-corrected chi connectivity index (χ2v) is 6.80. The van der Waals surface area contributed by atoms with E-state index in [1.54, 1.807) is 7.11 Å². The van der Waals surface area contributed by atoms with E-state index in [9.17, 15) is 10.1 Å². The van der Waals surface area contributed by atoms with Crippen LogP contribution in [-0.2, 0) is 4.79 Å². The standard InChI is InChI=1S/C23H27N3O3/c1-16(2)21-7-5-6-17(3)22(21)26-23(27)18(14-24)15-25-12-13-29-20-10-8-19(28-4)9-11-20/h5-11,15-16,25H,12-13H2,1-4H3,(H,26,27)/b18-15-. The summed E-state index contributed by atoms with van der Waals surface area (Å²) >= 11 is 0. The molecule has 2 N–H and O–H groups in total. The summed E-state index contributed by atoms with van der Waals surface area (Å²) in [7, 11) is 1.61. The number of aryl methyl sites for hydroxylation is 1. The summed E-state index contributed by atoms with van der Waals surface area (Å²) < 4.78 is 10.7. The highest BCUT2D eigenvalue weighted by Gasteiger charge is 2.15. The first kappa shape index (κ1) is 21.8. The van der Waals surface area contributed by atoms with Crippen LogP contribution in [0.2, 0.25) is 0 Å². The van der Waals surface area contributed by atoms with Gasteiger partial charge in [-0.15, -0.1) is 0 Å². The molecular formula is C23H27N3O3. The summed E-state index contributed by atoms with van der Waals surface area (Å²) in [6.07, 6.45) is 1.42. The highest BCUT2D eigenvalue weighted by molar-refractivity contribution is 6.07. The lowest BCUT2D eigenvalue weighted by molar-refractivity contribution is -0.112. The number of benzene rings is 2. The molecule has 0 radical (unpaired) electrons. The predicted molar refractivity (Wildman–Crippen MR) is 114 cm³/mol. The molecule has 0 saturated carbocycles. The Morgan fingerprint density at radius 2 is 1.86 bits per heavy atom. The first-order valence-corrected chi connectivity index (χ1v) is 9.47. The van der Waals surface area contributed by atoms with Crippen LogP contribution in [0.15, 0.2) is 54.2 Å². The van der Waals surface area contributed by atoms with Crippen LogP contribution in [-0.4, -0.2) is 26.2 Å². The van der Waals surface area contributed by atoms with Crippen LogP contribution in [0, 0.1) is 18.3 Å². The van der Waals surface area contributed by atoms with Gasteiger partial charge >= 0.3 is 0 Å². The minimum atomic E-state index is -0.438. The van der Waals surface area contributed by atoms with E-state index in [-0.39, 0.29) is 11.5 Å². The molecule has 0 atom stereocenters. The quantitative estimate of drug-likeness (QED) is 0.380. The van der Waals surface area contributed by atoms with Crippen LogP contribution in [0.3, 0.4) is 0 Å². The minimum Gasteiger partial charge on any atom is -0.497 e. The van der Waals surface area contributed by atoms with Crippen LogP contribution < -0.4 is 20.1 Å². The number of nitrogens with zero attached hydrogens (tertiary/aromatic N) is 1. The van der Waals surface area contributed by atoms with Gasteiger partial charge in [0.15, 0.2) is 0 Å². The maximum absolute atomic E-state index is 12.5. The molecule has 0 aliphatic rings. The molecular weight excluding hydrogens is 366 g/mol. The van der Waals surface area contributed by atoms with Gasteiger partial charge in [-0.1, -0.05) is 32.0 Å². The van der Waals surface area contributed by atoms with Crippen molar-refractivity contribution in [2.24, 2.45) is 0 Å². The molecule has 2 aromatic carbocycles. The van der Waals surface area contributed by atoms with Crippen LogP contribution >= 0.6 is 0 Å². The average Bonchev–Trinajstić information content (AvgIpc) is 2.72. The Labute approximate surface area is 172 Å². The minimum absolute atomic E-state index is 0.00686. The Bertz CT molecular complexity index is 897. The summed E-state index contributed by atoms with van der Waals surface area (Å²) in [5, 5.41) is 15.2. The molecule has 0 saturated heterocycles. The molecule has 0 heterocycles. The monoisotopic (exact) mass is 393 g/mol. The number of nitrogens with one attached hydrogen (secondary N) is 2. The molecule has 0 unspecified atom stereocenters. The fraction of sp³-hybridized carbons (Fsp3) is 0.304. The number of anilines is 1. The largest absolute Gasteiger partial charge is 0.497 e. The second kappa shape index (κ2) is 10.8. The Kier molecular flexibility index (Phi) is 8.11. The predicted octanol–water partition coefficient (Wildman–Crippen LogP) is 4.14. The lowest BCUT2D eigenvalue weighted by atomic mass is 9.98. The van der Waals surface area contributed by atoms with Crippen molar-refractivity contribution in [3.63, 3.8) is 0 Å². The maximum Gasteiger partial charge on any atom is 0.267 e. The van der Waals surface area contributed by atoms with Crippen molar-refractivity contribution in [3.05, 3.63) is 65.4 Å². The Morgan fingerprint density at radius 3 is 2.48 bits per heavy atom. The smallest absolute Gasteiger partial charge is 0.267 e. The van der Waals surface area contributed by atoms with Crippen molar-refractivity contribution in [2.45, 2.75) is 26.7 Å². The van der Waals surface area contributed by atoms with Gasteiger partial charge < -0.3 is 20.1 Å². The van der Waals surface area contributed by atoms with E-state index in [1.807, 2.05) is 55.5 Å². The van der Waals surface area contributed by atoms with Crippen molar-refractivity contribution >= 4 is 11.6 Å². The number of hydrogen-bond donors (Lipinski definition) is 2. The summed E-state index contributed by atoms with van der Waals surface area (Å²) in [5.41, 5.74) is 2.77. The number of ether oxygens (including phenoxy) is 2. The lowest BCUT2D eigenvalue weighted by Crippen LogP contribution is -2.21. The van der Waals surface area contributed by atoms with E-state index >= 15 is 0 Å². The van der Waals surface area contributed by atoms with E-state index in [0.717, 1.165) is 28.3 Å². The van der Waals surface area contributed by atoms with Crippen LogP contribution in [0.5, 0.6) is 11.5 Å². The molecule has 2 aromatic rings. The third kappa shape index (κ3) is 6.28. The van der Waals surface area contributed by atoms with Gasteiger partial charge in [0.05, 0.1) is 7.11 Å². The van der Waals surface area contributed by atoms with Crippen molar-refractivity contribution in [1.82, 2.24) is 5.32 Å². The third-order valence-corrected chi connectivity index (χ3v) is 4.35. The van der Waals surface area contributed by atoms with Crippen molar-refractivity contribution in [3.8, 4) is 17.6 Å². The van der Waals surface area contributed by atoms with E-state index in [4.69, 9.17) is 9.47 Å². The number of carbonyl (C=O) groups excluding carboxylic acids is 1. The Hall–Kier alpha value is -3.46. The maximum atomic E-state index is 12.5. The molecule has 29 heavy (non-hydrogen) atoms. The Balaban J connectivity index is 1.91. The summed E-state index contributed by atoms with van der Waals surface area (Å²) in [6.45, 7) is 6.91. The zero-order valence-corrected chi connectivity index (χ0v) is 17.3. The number of carbonyl (C=O) groups is 1. The zero-order valence-electron chi connectivity index (χ0n) is 17.3. The number of rotatable bonds is 9. The number of nitriles is 1. The van der Waals surface area contributed by atoms with E-state index in [1.165, 1.54) is 6.20 Å². The van der Waals surface area contributed by atoms with Gasteiger partial charge in [0.2, 0.25) is 0 Å². The molecule has 152 valence electrons. The van der Waals surface area contributed by atoms with Crippen molar-refractivity contribution in [2.75, 3.05) is 25.6 Å². The highest BCUT2D eigenvalue weighted by Crippen LogP contribution is 2.27. The first-order valence-electron chi connectivity index (χ1n) is 9.47. The van der Waals surface area contributed by atoms with Crippen LogP contribution in [0.1, 0.15) is 30.9 Å². The molecule has 6 nitrogen and oxygen atoms in total. The van der Waals surface area contributed by atoms with Gasteiger partial charge in [-0.05, 0) is 48.2 Å². The van der Waals surface area contributed by atoms with E-state index in [2.05, 4.69) is 24.5 Å². The van der Waals surface area contributed by atoms with Gasteiger partial charge in [0.25, 0.3) is 5.91 Å². The van der Waals surface area contributed by atoms with Gasteiger partial charge in [-0.25, -0.2) is 0 Å². The van der Waals surface area contributed by atoms with Crippen molar-refractivity contribution < 1.29 is 14.3 Å². The van der Waals surface area contributed by atoms with Crippen molar-refractivity contribution in [1.29, 1.82) is 5.26 Å². The molecule has 0 bridgehead atoms. The molecule has 0 spiro atoms. The fourth-order valence-electron chi connectivity index (χ4n) is 2.75. The van der Waals surface area contributed by atoms with Gasteiger partial charge in [0.1, 0.15) is 29.7 Å². The summed E-state index contributed by atoms with van der Waals surface area (Å²) in [5.74, 6) is 1.30. The van der Waals surface area contributed by atoms with Gasteiger partial charge in [0, 0.05) is 18.4 Å². The third-order valence-electron chi connectivity index (χ3n) is 4.35. The molecule has 2 rings (SSSR count). The molecule has 0 aliphatic carbocycles. The molecule has 0 aromatic heterocycles. The summed E-state index contributed by atoms with van der Waals surface area (Å²) in [6, 6.07) is 15.1. The lowest BCUT2D eigenvalue weighted by Gasteiger charge is -2.16. The van der Waals surface area contributed by atoms with Gasteiger partial charge in [-0.3, -0.25) is 4.79 Å². The fourth-order valence-corrected chi connectivity index (χ4v) is 2.75. The van der Waals surface area contributed by atoms with Crippen LogP contribution in [0.4, 0.5) is 5.69 Å². The summed E-state index contributed by atoms with van der Waals surface area (Å²) in [4.78, 5) is 12.5. The second-order valence-electron chi connectivity index (χ2n) is 6.80. The first-order chi connectivity index (χ1) is 14.0. The Morgan fingerprint density at radius 1 is 1.17 bits per heavy atom. The van der Waals surface area contributed by atoms with E-state index in [0.29, 0.717) is 13.2 Å². The highest BCUT2D eigenvalue weighted by atomic mass is 16.5. The molecule has 6 heteroatoms. The molecule has 0 aliphatic heterocycles. The van der Waals surface area contributed by atoms with Gasteiger partial charge in [-0.2, -0.15) is 5.26 Å². The number of methoxy groups -OCH3 is 1. The normalized spacial score (nSPS) is 11.0. The molecule has 0 fully saturated rings. The zero-order chi connectivity index (χ0) is 21.2. The number of para-hydroxylation sites is 1. The van der Waals surface area contributed by atoms with Crippen LogP contribution in [0.25, 0.3) is 0 Å². The molecule has 1 amide bonds. The average molecular weight is 393 g/mol. The number of amides is 1. The topological polar surface area (TPSA) is 83.4 Å². The SMILES string of the molecule is COc1ccc(OCCN/C=C(/C#N)C(=O)Nc2c(C)cccc2C(C)C)cc1. The van der Waals surface area contributed by atoms with E-state index < -0.39 is 5.91 Å². The number of hydrogen-bond acceptors (Lipinski definition) is 5.